The summed E-state index contributed by atoms with van der Waals surface area (Å²) in [6, 6.07) is 0. The summed E-state index contributed by atoms with van der Waals surface area (Å²) in [6.07, 6.45) is 15.0. The summed E-state index contributed by atoms with van der Waals surface area (Å²) in [6.45, 7) is 5.92. The number of aliphatic imine (C=N–C) groups is 1. The topological polar surface area (TPSA) is 12.4 Å². The first-order valence-corrected chi connectivity index (χ1v) is 4.48. The monoisotopic (exact) mass is 183 g/mol. The molecule has 1 aliphatic rings. The Morgan fingerprint density at radius 2 is 2.36 bits per heavy atom. The van der Waals surface area contributed by atoms with E-state index in [0.717, 1.165) is 11.1 Å². The van der Waals surface area contributed by atoms with E-state index in [4.69, 9.17) is 0 Å². The molecule has 0 aromatic rings. The highest BCUT2D eigenvalue weighted by atomic mass is 14.7. The first kappa shape index (κ1) is 10.2. The maximum absolute atomic E-state index is 3.98. The lowest BCUT2D eigenvalue weighted by Crippen LogP contribution is -1.77. The van der Waals surface area contributed by atoms with Crippen molar-refractivity contribution in [3.05, 3.63) is 66.1 Å². The van der Waals surface area contributed by atoms with Crippen LogP contribution in [0.25, 0.3) is 0 Å². The molecule has 0 unspecified atom stereocenters. The van der Waals surface area contributed by atoms with Gasteiger partial charge in [-0.3, -0.25) is 4.99 Å². The lowest BCUT2D eigenvalue weighted by Gasteiger charge is -1.95. The normalized spacial score (nSPS) is 15.1. The van der Waals surface area contributed by atoms with Crippen molar-refractivity contribution in [3.63, 3.8) is 0 Å². The Morgan fingerprint density at radius 1 is 1.50 bits per heavy atom. The number of nitrogens with zero attached hydrogens (tertiary/aromatic N) is 1. The minimum atomic E-state index is 0.932. The summed E-state index contributed by atoms with van der Waals surface area (Å²) in [5.41, 5.74) is 4.98. The zero-order chi connectivity index (χ0) is 10.2. The van der Waals surface area contributed by atoms with Gasteiger partial charge < -0.3 is 0 Å². The third-order valence-corrected chi connectivity index (χ3v) is 1.67. The van der Waals surface area contributed by atoms with Crippen LogP contribution in [0.4, 0.5) is 0 Å². The summed E-state index contributed by atoms with van der Waals surface area (Å²) in [5.74, 6) is 0. The van der Waals surface area contributed by atoms with Crippen LogP contribution in [0.3, 0.4) is 0 Å². The van der Waals surface area contributed by atoms with Crippen molar-refractivity contribution in [3.8, 4) is 0 Å². The predicted octanol–water partition coefficient (Wildman–Crippen LogP) is 3.35. The first-order chi connectivity index (χ1) is 6.84. The zero-order valence-electron chi connectivity index (χ0n) is 8.27. The molecule has 0 radical (unpaired) electrons. The SMILES string of the molecule is C=C(/C=C\C=C/C)C1=C=CC=NC=C1. The molecule has 0 aromatic carbocycles. The molecule has 1 nitrogen and oxygen atoms in total. The molecular formula is C13H13N. The number of hydrogen-bond donors (Lipinski definition) is 0. The maximum Gasteiger partial charge on any atom is 0.0345 e. The predicted molar refractivity (Wildman–Crippen MR) is 62.3 cm³/mol. The fourth-order valence-corrected chi connectivity index (χ4v) is 0.958. The van der Waals surface area contributed by atoms with Crippen LogP contribution in [0.15, 0.2) is 71.1 Å². The fraction of sp³-hybridized carbons (Fsp3) is 0.0769. The van der Waals surface area contributed by atoms with Crippen LogP contribution in [0, 0.1) is 0 Å². The van der Waals surface area contributed by atoms with Crippen LogP contribution in [-0.2, 0) is 0 Å². The average Bonchev–Trinajstić information content (AvgIpc) is 2.46. The quantitative estimate of drug-likeness (QED) is 0.470. The third kappa shape index (κ3) is 3.26. The Balaban J connectivity index is 2.76. The second kappa shape index (κ2) is 5.74. The van der Waals surface area contributed by atoms with Crippen LogP contribution < -0.4 is 0 Å². The molecule has 1 rings (SSSR count). The number of hydrogen-bond acceptors (Lipinski definition) is 1. The summed E-state index contributed by atoms with van der Waals surface area (Å²) in [5, 5.41) is 0. The molecule has 0 spiro atoms. The van der Waals surface area contributed by atoms with E-state index < -0.39 is 0 Å². The molecule has 0 saturated carbocycles. The van der Waals surface area contributed by atoms with Gasteiger partial charge >= 0.3 is 0 Å². The van der Waals surface area contributed by atoms with Gasteiger partial charge in [-0.1, -0.05) is 30.9 Å². The maximum atomic E-state index is 3.98. The van der Waals surface area contributed by atoms with Gasteiger partial charge in [0.05, 0.1) is 0 Å². The van der Waals surface area contributed by atoms with Crippen molar-refractivity contribution in [1.29, 1.82) is 0 Å². The Morgan fingerprint density at radius 3 is 3.14 bits per heavy atom. The summed E-state index contributed by atoms with van der Waals surface area (Å²) in [4.78, 5) is 3.98. The van der Waals surface area contributed by atoms with E-state index in [2.05, 4.69) is 17.3 Å². The van der Waals surface area contributed by atoms with Gasteiger partial charge in [0, 0.05) is 18.0 Å². The molecule has 1 heterocycles. The smallest absolute Gasteiger partial charge is 0.0345 e. The largest absolute Gasteiger partial charge is 0.264 e. The third-order valence-electron chi connectivity index (χ3n) is 1.67. The van der Waals surface area contributed by atoms with Crippen LogP contribution in [0.1, 0.15) is 6.92 Å². The molecule has 1 heteroatoms. The summed E-state index contributed by atoms with van der Waals surface area (Å²) < 4.78 is 0. The van der Waals surface area contributed by atoms with Crippen molar-refractivity contribution >= 4 is 6.21 Å². The summed E-state index contributed by atoms with van der Waals surface area (Å²) in [7, 11) is 0. The van der Waals surface area contributed by atoms with Gasteiger partial charge in [0.2, 0.25) is 0 Å². The van der Waals surface area contributed by atoms with Crippen molar-refractivity contribution in [2.75, 3.05) is 0 Å². The lowest BCUT2D eigenvalue weighted by molar-refractivity contribution is 1.53. The molecule has 0 atom stereocenters. The van der Waals surface area contributed by atoms with Crippen molar-refractivity contribution in [2.45, 2.75) is 6.92 Å². The van der Waals surface area contributed by atoms with Crippen LogP contribution in [-0.4, -0.2) is 6.21 Å². The number of rotatable bonds is 3. The first-order valence-electron chi connectivity index (χ1n) is 4.48. The average molecular weight is 183 g/mol. The van der Waals surface area contributed by atoms with E-state index in [1.807, 2.05) is 37.3 Å². The van der Waals surface area contributed by atoms with Gasteiger partial charge in [-0.15, -0.1) is 5.73 Å². The van der Waals surface area contributed by atoms with Crippen LogP contribution in [0.5, 0.6) is 0 Å². The number of allylic oxidation sites excluding steroid dienone is 7. The van der Waals surface area contributed by atoms with E-state index in [9.17, 15) is 0 Å². The van der Waals surface area contributed by atoms with E-state index >= 15 is 0 Å². The van der Waals surface area contributed by atoms with Crippen LogP contribution >= 0.6 is 0 Å². The second-order valence-corrected chi connectivity index (χ2v) is 2.75. The van der Waals surface area contributed by atoms with E-state index in [0.29, 0.717) is 0 Å². The second-order valence-electron chi connectivity index (χ2n) is 2.75. The fourth-order valence-electron chi connectivity index (χ4n) is 0.958. The molecule has 0 bridgehead atoms. The van der Waals surface area contributed by atoms with Gasteiger partial charge in [0.25, 0.3) is 0 Å². The molecule has 1 aliphatic heterocycles. The standard InChI is InChI=1S/C13H13N/c1-3-4-5-7-12(2)13-8-6-10-14-11-9-13/h3-7,9-11H,2H2,1H3/b4-3-,7-5-. The minimum Gasteiger partial charge on any atom is -0.264 e. The molecular weight excluding hydrogens is 170 g/mol. The Bertz CT molecular complexity index is 383. The van der Waals surface area contributed by atoms with Crippen molar-refractivity contribution in [2.24, 2.45) is 4.99 Å². The van der Waals surface area contributed by atoms with Gasteiger partial charge in [-0.2, -0.15) is 0 Å². The molecule has 0 fully saturated rings. The molecule has 0 saturated heterocycles. The highest BCUT2D eigenvalue weighted by molar-refractivity contribution is 5.73. The Hall–Kier alpha value is -1.85. The molecule has 0 aromatic heterocycles. The molecule has 14 heavy (non-hydrogen) atoms. The van der Waals surface area contributed by atoms with Gasteiger partial charge in [0.15, 0.2) is 0 Å². The van der Waals surface area contributed by atoms with Crippen LogP contribution in [0.2, 0.25) is 0 Å². The molecule has 0 amide bonds. The van der Waals surface area contributed by atoms with Gasteiger partial charge in [0.1, 0.15) is 0 Å². The molecule has 0 N–H and O–H groups in total. The Labute approximate surface area is 84.9 Å². The molecule has 0 aliphatic carbocycles. The minimum absolute atomic E-state index is 0.932. The lowest BCUT2D eigenvalue weighted by atomic mass is 10.1. The van der Waals surface area contributed by atoms with Gasteiger partial charge in [-0.25, -0.2) is 0 Å². The van der Waals surface area contributed by atoms with E-state index in [1.165, 1.54) is 0 Å². The highest BCUT2D eigenvalue weighted by Gasteiger charge is 1.93. The van der Waals surface area contributed by atoms with E-state index in [1.54, 1.807) is 18.5 Å². The summed E-state index contributed by atoms with van der Waals surface area (Å²) >= 11 is 0. The highest BCUT2D eigenvalue weighted by Crippen LogP contribution is 2.10. The van der Waals surface area contributed by atoms with Crippen molar-refractivity contribution in [1.82, 2.24) is 0 Å². The molecule has 70 valence electrons. The van der Waals surface area contributed by atoms with Crippen molar-refractivity contribution < 1.29 is 0 Å². The zero-order valence-corrected chi connectivity index (χ0v) is 8.27. The van der Waals surface area contributed by atoms with Gasteiger partial charge in [-0.05, 0) is 24.6 Å². The van der Waals surface area contributed by atoms with E-state index in [-0.39, 0.29) is 0 Å². The Kier molecular flexibility index (Phi) is 4.19.